The summed E-state index contributed by atoms with van der Waals surface area (Å²) in [5.74, 6) is 0. The third kappa shape index (κ3) is 5.11. The van der Waals surface area contributed by atoms with E-state index in [0.29, 0.717) is 0 Å². The lowest BCUT2D eigenvalue weighted by Gasteiger charge is -2.19. The summed E-state index contributed by atoms with van der Waals surface area (Å²) in [6, 6.07) is 8.74. The van der Waals surface area contributed by atoms with Crippen molar-refractivity contribution in [2.75, 3.05) is 32.1 Å². The second-order valence-electron chi connectivity index (χ2n) is 6.46. The fourth-order valence-electron chi connectivity index (χ4n) is 2.79. The lowest BCUT2D eigenvalue weighted by Crippen LogP contribution is -2.19. The van der Waals surface area contributed by atoms with Crippen molar-refractivity contribution in [3.8, 4) is 0 Å². The second kappa shape index (κ2) is 8.38. The maximum atomic E-state index is 4.08. The molecule has 0 unspecified atom stereocenters. The van der Waals surface area contributed by atoms with Crippen LogP contribution >= 0.6 is 0 Å². The number of rotatable bonds is 7. The van der Waals surface area contributed by atoms with Crippen molar-refractivity contribution in [3.63, 3.8) is 0 Å². The van der Waals surface area contributed by atoms with Gasteiger partial charge in [-0.1, -0.05) is 30.4 Å². The first-order valence-electron chi connectivity index (χ1n) is 8.74. The van der Waals surface area contributed by atoms with Crippen LogP contribution in [0.3, 0.4) is 0 Å². The molecule has 0 amide bonds. The van der Waals surface area contributed by atoms with Gasteiger partial charge in [0.2, 0.25) is 0 Å². The number of likely N-dealkylation sites (N-methyl/N-ethyl adjacent to an activating group) is 1. The molecule has 0 saturated heterocycles. The summed E-state index contributed by atoms with van der Waals surface area (Å²) < 4.78 is 2.12. The average Bonchev–Trinajstić information content (AvgIpc) is 3.15. The Balaban J connectivity index is 1.50. The van der Waals surface area contributed by atoms with Crippen LogP contribution in [-0.4, -0.2) is 41.6 Å². The zero-order valence-corrected chi connectivity index (χ0v) is 15.0. The number of hydrogen-bond donors (Lipinski definition) is 0. The first-order valence-corrected chi connectivity index (χ1v) is 8.74. The number of aryl methyl sites for hydroxylation is 1. The summed E-state index contributed by atoms with van der Waals surface area (Å²) in [5.41, 5.74) is 3.74. The van der Waals surface area contributed by atoms with E-state index in [1.807, 2.05) is 18.7 Å². The highest BCUT2D eigenvalue weighted by atomic mass is 15.1. The van der Waals surface area contributed by atoms with Crippen molar-refractivity contribution < 1.29 is 0 Å². The zero-order valence-electron chi connectivity index (χ0n) is 15.0. The van der Waals surface area contributed by atoms with Crippen LogP contribution in [0.2, 0.25) is 0 Å². The van der Waals surface area contributed by atoms with Crippen LogP contribution in [0.1, 0.15) is 12.0 Å². The van der Waals surface area contributed by atoms with Gasteiger partial charge in [-0.15, -0.1) is 0 Å². The van der Waals surface area contributed by atoms with Crippen LogP contribution in [0.5, 0.6) is 0 Å². The monoisotopic (exact) mass is 334 g/mol. The molecule has 0 fully saturated rings. The first kappa shape index (κ1) is 17.1. The molecule has 2 aromatic rings. The Hall–Kier alpha value is -2.75. The molecule has 0 radical (unpaired) electrons. The summed E-state index contributed by atoms with van der Waals surface area (Å²) in [6.45, 7) is 3.00. The highest BCUT2D eigenvalue weighted by molar-refractivity contribution is 5.58. The Labute approximate surface area is 150 Å². The molecule has 1 aromatic heterocycles. The summed E-state index contributed by atoms with van der Waals surface area (Å²) >= 11 is 0. The van der Waals surface area contributed by atoms with Gasteiger partial charge in [0.15, 0.2) is 0 Å². The Morgan fingerprint density at radius 3 is 2.72 bits per heavy atom. The molecule has 0 atom stereocenters. The average molecular weight is 334 g/mol. The van der Waals surface area contributed by atoms with Crippen molar-refractivity contribution in [1.82, 2.24) is 14.5 Å². The molecule has 130 valence electrons. The minimum atomic E-state index is 0.971. The van der Waals surface area contributed by atoms with Crippen molar-refractivity contribution >= 4 is 11.8 Å². The molecule has 25 heavy (non-hydrogen) atoms. The molecule has 4 nitrogen and oxygen atoms in total. The van der Waals surface area contributed by atoms with Crippen LogP contribution in [0, 0.1) is 0 Å². The maximum absolute atomic E-state index is 4.08. The number of aromatic nitrogens is 2. The number of anilines is 1. The Bertz CT molecular complexity index is 739. The van der Waals surface area contributed by atoms with Crippen LogP contribution in [0.25, 0.3) is 6.08 Å². The van der Waals surface area contributed by atoms with Gasteiger partial charge in [0, 0.05) is 51.8 Å². The van der Waals surface area contributed by atoms with E-state index in [2.05, 4.69) is 88.2 Å². The minimum Gasteiger partial charge on any atom is -0.377 e. The first-order chi connectivity index (χ1) is 12.2. The van der Waals surface area contributed by atoms with Crippen molar-refractivity contribution in [1.29, 1.82) is 0 Å². The predicted octanol–water partition coefficient (Wildman–Crippen LogP) is 3.81. The predicted molar refractivity (Wildman–Crippen MR) is 105 cm³/mol. The van der Waals surface area contributed by atoms with Gasteiger partial charge >= 0.3 is 0 Å². The Kier molecular flexibility index (Phi) is 5.73. The normalized spacial score (nSPS) is 14.2. The maximum Gasteiger partial charge on any atom is 0.0945 e. The van der Waals surface area contributed by atoms with E-state index in [-0.39, 0.29) is 0 Å². The smallest absolute Gasteiger partial charge is 0.0945 e. The molecule has 0 bridgehead atoms. The van der Waals surface area contributed by atoms with E-state index in [1.54, 1.807) is 0 Å². The van der Waals surface area contributed by atoms with Gasteiger partial charge in [0.1, 0.15) is 0 Å². The van der Waals surface area contributed by atoms with E-state index in [0.717, 1.165) is 26.1 Å². The SMILES string of the molecule is CN1C=CC(/C=C/c2ccc(N(C)CCCn3ccnc3)cc2)=CC1. The van der Waals surface area contributed by atoms with Crippen molar-refractivity contribution in [2.45, 2.75) is 13.0 Å². The summed E-state index contributed by atoms with van der Waals surface area (Å²) in [6.07, 6.45) is 17.6. The number of imidazole rings is 1. The molecule has 1 aliphatic heterocycles. The van der Waals surface area contributed by atoms with E-state index in [4.69, 9.17) is 0 Å². The fraction of sp³-hybridized carbons (Fsp3) is 0.286. The van der Waals surface area contributed by atoms with Crippen LogP contribution < -0.4 is 4.90 Å². The topological polar surface area (TPSA) is 24.3 Å². The number of nitrogens with zero attached hydrogens (tertiary/aromatic N) is 4. The van der Waals surface area contributed by atoms with Gasteiger partial charge in [-0.25, -0.2) is 4.98 Å². The molecule has 1 aliphatic rings. The van der Waals surface area contributed by atoms with Gasteiger partial charge in [0.25, 0.3) is 0 Å². The Morgan fingerprint density at radius 1 is 1.20 bits per heavy atom. The molecule has 2 heterocycles. The van der Waals surface area contributed by atoms with Crippen molar-refractivity contribution in [2.24, 2.45) is 0 Å². The van der Waals surface area contributed by atoms with Gasteiger partial charge in [-0.2, -0.15) is 0 Å². The third-order valence-corrected chi connectivity index (χ3v) is 4.41. The quantitative estimate of drug-likeness (QED) is 0.769. The number of benzene rings is 1. The lowest BCUT2D eigenvalue weighted by atomic mass is 10.1. The Morgan fingerprint density at radius 2 is 2.04 bits per heavy atom. The second-order valence-corrected chi connectivity index (χ2v) is 6.46. The van der Waals surface area contributed by atoms with Crippen LogP contribution in [0.4, 0.5) is 5.69 Å². The molecule has 0 N–H and O–H groups in total. The van der Waals surface area contributed by atoms with E-state index < -0.39 is 0 Å². The molecular formula is C21H26N4. The summed E-state index contributed by atoms with van der Waals surface area (Å²) in [5, 5.41) is 0. The minimum absolute atomic E-state index is 0.971. The van der Waals surface area contributed by atoms with Gasteiger partial charge in [-0.3, -0.25) is 0 Å². The highest BCUT2D eigenvalue weighted by Gasteiger charge is 2.01. The number of allylic oxidation sites excluding steroid dienone is 3. The largest absolute Gasteiger partial charge is 0.377 e. The fourth-order valence-corrected chi connectivity index (χ4v) is 2.79. The van der Waals surface area contributed by atoms with E-state index in [1.165, 1.54) is 16.8 Å². The van der Waals surface area contributed by atoms with Crippen LogP contribution in [0.15, 0.2) is 73.0 Å². The summed E-state index contributed by atoms with van der Waals surface area (Å²) in [4.78, 5) is 8.53. The van der Waals surface area contributed by atoms with E-state index >= 15 is 0 Å². The van der Waals surface area contributed by atoms with Crippen LogP contribution in [-0.2, 0) is 6.54 Å². The highest BCUT2D eigenvalue weighted by Crippen LogP contribution is 2.16. The standard InChI is InChI=1S/C21H26N4/c1-23-15-10-20(11-16-23)5-4-19-6-8-21(9-7-19)24(2)13-3-14-25-17-12-22-18-25/h4-12,15,17-18H,3,13-14,16H2,1-2H3/b5-4+. The molecule has 0 aliphatic carbocycles. The van der Waals surface area contributed by atoms with Crippen molar-refractivity contribution in [3.05, 3.63) is 78.6 Å². The van der Waals surface area contributed by atoms with E-state index in [9.17, 15) is 0 Å². The van der Waals surface area contributed by atoms with Gasteiger partial charge < -0.3 is 14.4 Å². The summed E-state index contributed by atoms with van der Waals surface area (Å²) in [7, 11) is 4.23. The molecule has 0 saturated carbocycles. The van der Waals surface area contributed by atoms with Gasteiger partial charge in [-0.05, 0) is 42.0 Å². The molecule has 0 spiro atoms. The molecule has 4 heteroatoms. The third-order valence-electron chi connectivity index (χ3n) is 4.41. The molecule has 3 rings (SSSR count). The lowest BCUT2D eigenvalue weighted by molar-refractivity contribution is 0.503. The molecular weight excluding hydrogens is 308 g/mol. The number of hydrogen-bond acceptors (Lipinski definition) is 3. The molecule has 1 aromatic carbocycles. The van der Waals surface area contributed by atoms with Gasteiger partial charge in [0.05, 0.1) is 6.33 Å². The zero-order chi connectivity index (χ0) is 17.5.